The standard InChI is InChI=1S/C40H52O3/c1-29(17-13-19-31(3)21-23-36-33(5)25-34(41)26-38(36,6)7)15-11-12-16-30(2)18-14-20-32(4)22-24-37-39(8,9)27-35(42)28-40(37,10)43/h11-25,43H,26-28H2,1-10H3/b15-11+,16-12+,19-13+,20-14+,29-17+,30-18+,31-21+,32-22+,36-23+,37-24-/t40-/m0/s1. The van der Waals surface area contributed by atoms with Crippen molar-refractivity contribution in [2.24, 2.45) is 10.8 Å². The topological polar surface area (TPSA) is 54.4 Å². The van der Waals surface area contributed by atoms with Crippen molar-refractivity contribution in [3.63, 3.8) is 0 Å². The molecule has 43 heavy (non-hydrogen) atoms. The van der Waals surface area contributed by atoms with E-state index in [2.05, 4.69) is 83.2 Å². The summed E-state index contributed by atoms with van der Waals surface area (Å²) in [7, 11) is 0. The highest BCUT2D eigenvalue weighted by atomic mass is 16.3. The Kier molecular flexibility index (Phi) is 12.6. The number of aliphatic hydroxyl groups is 1. The molecule has 0 aromatic heterocycles. The van der Waals surface area contributed by atoms with Crippen LogP contribution in [0.3, 0.4) is 0 Å². The van der Waals surface area contributed by atoms with E-state index in [9.17, 15) is 14.7 Å². The van der Waals surface area contributed by atoms with E-state index >= 15 is 0 Å². The summed E-state index contributed by atoms with van der Waals surface area (Å²) in [5.41, 5.74) is 6.11. The summed E-state index contributed by atoms with van der Waals surface area (Å²) < 4.78 is 0. The fourth-order valence-electron chi connectivity index (χ4n) is 5.83. The van der Waals surface area contributed by atoms with Crippen molar-refractivity contribution in [1.82, 2.24) is 0 Å². The molecule has 0 radical (unpaired) electrons. The van der Waals surface area contributed by atoms with E-state index in [0.29, 0.717) is 12.8 Å². The summed E-state index contributed by atoms with van der Waals surface area (Å²) in [6, 6.07) is 0. The van der Waals surface area contributed by atoms with Gasteiger partial charge >= 0.3 is 0 Å². The summed E-state index contributed by atoms with van der Waals surface area (Å²) in [5.74, 6) is 0.316. The maximum Gasteiger partial charge on any atom is 0.156 e. The minimum absolute atomic E-state index is 0.111. The van der Waals surface area contributed by atoms with Crippen molar-refractivity contribution >= 4 is 11.6 Å². The second kappa shape index (κ2) is 15.3. The van der Waals surface area contributed by atoms with Crippen molar-refractivity contribution < 1.29 is 14.7 Å². The number of carbonyl (C=O) groups is 2. The van der Waals surface area contributed by atoms with Crippen LogP contribution in [0.5, 0.6) is 0 Å². The van der Waals surface area contributed by atoms with Gasteiger partial charge in [-0.15, -0.1) is 0 Å². The molecule has 0 amide bonds. The second-order valence-corrected chi connectivity index (χ2v) is 13.6. The van der Waals surface area contributed by atoms with Gasteiger partial charge in [0, 0.05) is 19.3 Å². The molecule has 2 aliphatic carbocycles. The highest BCUT2D eigenvalue weighted by Gasteiger charge is 2.43. The summed E-state index contributed by atoms with van der Waals surface area (Å²) in [6.45, 7) is 20.3. The highest BCUT2D eigenvalue weighted by molar-refractivity contribution is 5.93. The number of carbonyl (C=O) groups excluding carboxylic acids is 2. The van der Waals surface area contributed by atoms with Gasteiger partial charge in [0.25, 0.3) is 0 Å². The van der Waals surface area contributed by atoms with Gasteiger partial charge in [0.2, 0.25) is 0 Å². The number of hydrogen-bond donors (Lipinski definition) is 1. The first-order valence-electron chi connectivity index (χ1n) is 15.2. The van der Waals surface area contributed by atoms with Gasteiger partial charge in [-0.1, -0.05) is 135 Å². The highest BCUT2D eigenvalue weighted by Crippen LogP contribution is 2.44. The Bertz CT molecular complexity index is 1390. The van der Waals surface area contributed by atoms with E-state index in [-0.39, 0.29) is 28.8 Å². The molecule has 2 rings (SSSR count). The zero-order valence-corrected chi connectivity index (χ0v) is 28.0. The van der Waals surface area contributed by atoms with Crippen LogP contribution in [0.2, 0.25) is 0 Å². The summed E-state index contributed by atoms with van der Waals surface area (Å²) >= 11 is 0. The maximum atomic E-state index is 12.0. The van der Waals surface area contributed by atoms with Crippen molar-refractivity contribution in [2.75, 3.05) is 0 Å². The van der Waals surface area contributed by atoms with Crippen LogP contribution >= 0.6 is 0 Å². The van der Waals surface area contributed by atoms with Crippen molar-refractivity contribution in [2.45, 2.75) is 94.1 Å². The van der Waals surface area contributed by atoms with Gasteiger partial charge in [0.1, 0.15) is 5.78 Å². The molecule has 1 N–H and O–H groups in total. The molecule has 2 aliphatic rings. The van der Waals surface area contributed by atoms with Crippen LogP contribution < -0.4 is 0 Å². The SMILES string of the molecule is CC1=CC(=O)CC(C)(C)/C1=C/C=C(C)/C=C/C=C(C)/C=C/C=C/C(C)=C/C=C/C(C)=C/C=C1/C(C)(C)CC(=O)C[C@]1(C)O. The van der Waals surface area contributed by atoms with Gasteiger partial charge in [0.15, 0.2) is 5.78 Å². The van der Waals surface area contributed by atoms with Crippen molar-refractivity contribution in [3.8, 4) is 0 Å². The Hall–Kier alpha value is -3.56. The fourth-order valence-corrected chi connectivity index (χ4v) is 5.83. The molecule has 0 spiro atoms. The number of allylic oxidation sites excluding steroid dienone is 21. The Morgan fingerprint density at radius 3 is 1.60 bits per heavy atom. The number of Topliss-reactive ketones (excluding diaryl/α,β-unsaturated/α-hetero) is 1. The van der Waals surface area contributed by atoms with Gasteiger partial charge in [-0.05, 0) is 75.2 Å². The molecule has 0 aromatic carbocycles. The Morgan fingerprint density at radius 1 is 0.651 bits per heavy atom. The predicted molar refractivity (Wildman–Crippen MR) is 184 cm³/mol. The molecule has 0 aliphatic heterocycles. The first-order chi connectivity index (χ1) is 19.9. The normalized spacial score (nSPS) is 26.3. The molecule has 3 heteroatoms. The maximum absolute atomic E-state index is 12.0. The van der Waals surface area contributed by atoms with Crippen LogP contribution in [-0.4, -0.2) is 22.3 Å². The molecular weight excluding hydrogens is 528 g/mol. The molecule has 0 heterocycles. The molecule has 1 fully saturated rings. The average molecular weight is 581 g/mol. The third-order valence-corrected chi connectivity index (χ3v) is 7.93. The van der Waals surface area contributed by atoms with E-state index in [4.69, 9.17) is 0 Å². The first-order valence-corrected chi connectivity index (χ1v) is 15.2. The van der Waals surface area contributed by atoms with Crippen LogP contribution in [0.25, 0.3) is 0 Å². The van der Waals surface area contributed by atoms with Crippen LogP contribution in [0.1, 0.15) is 88.5 Å². The molecule has 230 valence electrons. The Labute approximate surface area is 260 Å². The van der Waals surface area contributed by atoms with Gasteiger partial charge in [0.05, 0.1) is 5.60 Å². The van der Waals surface area contributed by atoms with Gasteiger partial charge in [-0.25, -0.2) is 0 Å². The van der Waals surface area contributed by atoms with Crippen LogP contribution in [0.15, 0.2) is 130 Å². The van der Waals surface area contributed by atoms with Crippen molar-refractivity contribution in [1.29, 1.82) is 0 Å². The molecule has 0 aromatic rings. The fraction of sp³-hybridized carbons (Fsp3) is 0.400. The van der Waals surface area contributed by atoms with E-state index in [0.717, 1.165) is 33.4 Å². The third kappa shape index (κ3) is 11.6. The molecular formula is C40H52O3. The minimum Gasteiger partial charge on any atom is -0.385 e. The summed E-state index contributed by atoms with van der Waals surface area (Å²) in [4.78, 5) is 23.9. The molecule has 0 saturated heterocycles. The molecule has 3 nitrogen and oxygen atoms in total. The predicted octanol–water partition coefficient (Wildman–Crippen LogP) is 9.93. The van der Waals surface area contributed by atoms with Crippen LogP contribution in [0, 0.1) is 10.8 Å². The lowest BCUT2D eigenvalue weighted by atomic mass is 9.65. The lowest BCUT2D eigenvalue weighted by Gasteiger charge is -2.41. The van der Waals surface area contributed by atoms with E-state index in [1.807, 2.05) is 64.2 Å². The van der Waals surface area contributed by atoms with Crippen LogP contribution in [-0.2, 0) is 9.59 Å². The second-order valence-electron chi connectivity index (χ2n) is 13.6. The lowest BCUT2D eigenvalue weighted by molar-refractivity contribution is -0.127. The largest absolute Gasteiger partial charge is 0.385 e. The zero-order valence-electron chi connectivity index (χ0n) is 28.0. The minimum atomic E-state index is -1.10. The monoisotopic (exact) mass is 580 g/mol. The first kappa shape index (κ1) is 35.6. The molecule has 1 saturated carbocycles. The number of rotatable bonds is 9. The third-order valence-electron chi connectivity index (χ3n) is 7.93. The summed E-state index contributed by atoms with van der Waals surface area (Å²) in [5, 5.41) is 10.8. The van der Waals surface area contributed by atoms with E-state index in [1.165, 1.54) is 5.57 Å². The lowest BCUT2D eigenvalue weighted by Crippen LogP contribution is -2.43. The zero-order chi connectivity index (χ0) is 32.4. The average Bonchev–Trinajstić information content (AvgIpc) is 2.83. The Morgan fingerprint density at radius 2 is 1.12 bits per heavy atom. The van der Waals surface area contributed by atoms with Gasteiger partial charge in [-0.2, -0.15) is 0 Å². The molecule has 0 bridgehead atoms. The van der Waals surface area contributed by atoms with Crippen LogP contribution in [0.4, 0.5) is 0 Å². The molecule has 0 unspecified atom stereocenters. The quantitative estimate of drug-likeness (QED) is 0.276. The smallest absolute Gasteiger partial charge is 0.156 e. The van der Waals surface area contributed by atoms with E-state index < -0.39 is 5.60 Å². The van der Waals surface area contributed by atoms with Crippen molar-refractivity contribution in [3.05, 3.63) is 130 Å². The molecule has 1 atom stereocenters. The van der Waals surface area contributed by atoms with Gasteiger partial charge in [-0.3, -0.25) is 9.59 Å². The number of hydrogen-bond acceptors (Lipinski definition) is 3. The van der Waals surface area contributed by atoms with Gasteiger partial charge < -0.3 is 5.11 Å². The Balaban J connectivity index is 1.94. The van der Waals surface area contributed by atoms with E-state index in [1.54, 1.807) is 13.0 Å². The number of ketones is 2. The summed E-state index contributed by atoms with van der Waals surface area (Å²) in [6.07, 6.45) is 31.8.